The molecule has 0 unspecified atom stereocenters. The summed E-state index contributed by atoms with van der Waals surface area (Å²) in [6.45, 7) is 2.13. The molecule has 21 heavy (non-hydrogen) atoms. The number of ether oxygens (including phenoxy) is 1. The molecule has 0 radical (unpaired) electrons. The highest BCUT2D eigenvalue weighted by Gasteiger charge is 2.17. The number of esters is 1. The number of aromatic nitrogens is 1. The van der Waals surface area contributed by atoms with Crippen molar-refractivity contribution < 1.29 is 9.53 Å². The highest BCUT2D eigenvalue weighted by molar-refractivity contribution is 5.99. The SMILES string of the molecule is CCOC(=O)c1nc2ccccc2cc1-c1ccccc1. The van der Waals surface area contributed by atoms with Crippen LogP contribution in [0.1, 0.15) is 17.4 Å². The Morgan fingerprint density at radius 2 is 1.76 bits per heavy atom. The van der Waals surface area contributed by atoms with E-state index in [9.17, 15) is 4.79 Å². The van der Waals surface area contributed by atoms with Gasteiger partial charge in [0, 0.05) is 10.9 Å². The summed E-state index contributed by atoms with van der Waals surface area (Å²) in [5.41, 5.74) is 2.91. The van der Waals surface area contributed by atoms with Gasteiger partial charge in [-0.15, -0.1) is 0 Å². The number of hydrogen-bond donors (Lipinski definition) is 0. The van der Waals surface area contributed by atoms with Crippen molar-refractivity contribution in [3.63, 3.8) is 0 Å². The van der Waals surface area contributed by atoms with Crippen molar-refractivity contribution >= 4 is 16.9 Å². The Labute approximate surface area is 123 Å². The van der Waals surface area contributed by atoms with Crippen LogP contribution in [0.25, 0.3) is 22.0 Å². The van der Waals surface area contributed by atoms with Crippen molar-refractivity contribution in [3.05, 3.63) is 66.4 Å². The minimum atomic E-state index is -0.387. The monoisotopic (exact) mass is 277 g/mol. The van der Waals surface area contributed by atoms with Gasteiger partial charge in [-0.05, 0) is 24.6 Å². The molecule has 0 saturated heterocycles. The van der Waals surface area contributed by atoms with Gasteiger partial charge in [-0.25, -0.2) is 9.78 Å². The summed E-state index contributed by atoms with van der Waals surface area (Å²) >= 11 is 0. The molecule has 104 valence electrons. The fourth-order valence-electron chi connectivity index (χ4n) is 2.31. The number of pyridine rings is 1. The van der Waals surface area contributed by atoms with Crippen LogP contribution in [0.5, 0.6) is 0 Å². The number of fused-ring (bicyclic) bond motifs is 1. The molecule has 0 N–H and O–H groups in total. The third-order valence-electron chi connectivity index (χ3n) is 3.28. The normalized spacial score (nSPS) is 10.5. The molecule has 0 aliphatic rings. The zero-order chi connectivity index (χ0) is 14.7. The highest BCUT2D eigenvalue weighted by atomic mass is 16.5. The van der Waals surface area contributed by atoms with E-state index in [0.29, 0.717) is 12.3 Å². The Morgan fingerprint density at radius 3 is 2.52 bits per heavy atom. The fourth-order valence-corrected chi connectivity index (χ4v) is 2.31. The summed E-state index contributed by atoms with van der Waals surface area (Å²) in [5.74, 6) is -0.387. The lowest BCUT2D eigenvalue weighted by Crippen LogP contribution is -2.09. The second kappa shape index (κ2) is 5.75. The molecule has 0 spiro atoms. The van der Waals surface area contributed by atoms with E-state index in [1.165, 1.54) is 0 Å². The standard InChI is InChI=1S/C18H15NO2/c1-2-21-18(20)17-15(13-8-4-3-5-9-13)12-14-10-6-7-11-16(14)19-17/h3-12H,2H2,1H3. The van der Waals surface area contributed by atoms with Gasteiger partial charge in [0.1, 0.15) is 0 Å². The minimum absolute atomic E-state index is 0.335. The third kappa shape index (κ3) is 2.63. The van der Waals surface area contributed by atoms with Crippen LogP contribution in [0.4, 0.5) is 0 Å². The average Bonchev–Trinajstić information content (AvgIpc) is 2.54. The highest BCUT2D eigenvalue weighted by Crippen LogP contribution is 2.27. The molecule has 0 aliphatic carbocycles. The van der Waals surface area contributed by atoms with Crippen LogP contribution in [-0.4, -0.2) is 17.6 Å². The Morgan fingerprint density at radius 1 is 1.05 bits per heavy atom. The molecule has 3 rings (SSSR count). The van der Waals surface area contributed by atoms with E-state index in [0.717, 1.165) is 22.0 Å². The van der Waals surface area contributed by atoms with Crippen LogP contribution in [0, 0.1) is 0 Å². The molecule has 0 atom stereocenters. The van der Waals surface area contributed by atoms with Gasteiger partial charge in [-0.3, -0.25) is 0 Å². The quantitative estimate of drug-likeness (QED) is 0.677. The van der Waals surface area contributed by atoms with E-state index < -0.39 is 0 Å². The smallest absolute Gasteiger partial charge is 0.357 e. The van der Waals surface area contributed by atoms with Crippen LogP contribution in [-0.2, 0) is 4.74 Å². The largest absolute Gasteiger partial charge is 0.461 e. The lowest BCUT2D eigenvalue weighted by molar-refractivity contribution is 0.0521. The van der Waals surface area contributed by atoms with Gasteiger partial charge in [0.25, 0.3) is 0 Å². The minimum Gasteiger partial charge on any atom is -0.461 e. The zero-order valence-electron chi connectivity index (χ0n) is 11.7. The number of hydrogen-bond acceptors (Lipinski definition) is 3. The first-order valence-corrected chi connectivity index (χ1v) is 6.92. The maximum absolute atomic E-state index is 12.2. The Balaban J connectivity index is 2.24. The number of para-hydroxylation sites is 1. The summed E-state index contributed by atoms with van der Waals surface area (Å²) in [7, 11) is 0. The number of rotatable bonds is 3. The average molecular weight is 277 g/mol. The van der Waals surface area contributed by atoms with Crippen LogP contribution in [0.3, 0.4) is 0 Å². The zero-order valence-corrected chi connectivity index (χ0v) is 11.7. The lowest BCUT2D eigenvalue weighted by atomic mass is 10.0. The van der Waals surface area contributed by atoms with Crippen molar-refractivity contribution in [1.82, 2.24) is 4.98 Å². The van der Waals surface area contributed by atoms with E-state index >= 15 is 0 Å². The van der Waals surface area contributed by atoms with Crippen molar-refractivity contribution in [1.29, 1.82) is 0 Å². The molecule has 0 fully saturated rings. The maximum Gasteiger partial charge on any atom is 0.357 e. The van der Waals surface area contributed by atoms with E-state index in [-0.39, 0.29) is 5.97 Å². The molecule has 1 aromatic heterocycles. The first kappa shape index (κ1) is 13.3. The Kier molecular flexibility index (Phi) is 3.65. The van der Waals surface area contributed by atoms with Gasteiger partial charge in [0.15, 0.2) is 5.69 Å². The van der Waals surface area contributed by atoms with Gasteiger partial charge < -0.3 is 4.74 Å². The van der Waals surface area contributed by atoms with Crippen molar-refractivity contribution in [2.45, 2.75) is 6.92 Å². The van der Waals surface area contributed by atoms with Crippen LogP contribution in [0.15, 0.2) is 60.7 Å². The molecule has 0 saturated carbocycles. The maximum atomic E-state index is 12.2. The molecular weight excluding hydrogens is 262 g/mol. The van der Waals surface area contributed by atoms with Gasteiger partial charge in [0.05, 0.1) is 12.1 Å². The summed E-state index contributed by atoms with van der Waals surface area (Å²) < 4.78 is 5.14. The first-order chi connectivity index (χ1) is 10.3. The van der Waals surface area contributed by atoms with Crippen LogP contribution < -0.4 is 0 Å². The molecular formula is C18H15NO2. The predicted octanol–water partition coefficient (Wildman–Crippen LogP) is 4.08. The van der Waals surface area contributed by atoms with Gasteiger partial charge >= 0.3 is 5.97 Å². The number of nitrogens with zero attached hydrogens (tertiary/aromatic N) is 1. The first-order valence-electron chi connectivity index (χ1n) is 6.92. The van der Waals surface area contributed by atoms with Crippen molar-refractivity contribution in [2.75, 3.05) is 6.61 Å². The predicted molar refractivity (Wildman–Crippen MR) is 83.1 cm³/mol. The number of benzene rings is 2. The summed E-state index contributed by atoms with van der Waals surface area (Å²) in [5, 5.41) is 1.00. The van der Waals surface area contributed by atoms with Gasteiger partial charge in [-0.1, -0.05) is 48.5 Å². The van der Waals surface area contributed by atoms with Gasteiger partial charge in [0.2, 0.25) is 0 Å². The molecule has 1 heterocycles. The van der Waals surface area contributed by atoms with E-state index in [2.05, 4.69) is 4.98 Å². The third-order valence-corrected chi connectivity index (χ3v) is 3.28. The topological polar surface area (TPSA) is 39.2 Å². The number of carbonyl (C=O) groups excluding carboxylic acids is 1. The molecule has 0 aliphatic heterocycles. The van der Waals surface area contributed by atoms with Crippen LogP contribution in [0.2, 0.25) is 0 Å². The molecule has 3 nitrogen and oxygen atoms in total. The van der Waals surface area contributed by atoms with E-state index in [1.807, 2.05) is 60.7 Å². The number of carbonyl (C=O) groups is 1. The second-order valence-electron chi connectivity index (χ2n) is 4.66. The van der Waals surface area contributed by atoms with E-state index in [1.54, 1.807) is 6.92 Å². The second-order valence-corrected chi connectivity index (χ2v) is 4.66. The molecule has 3 aromatic rings. The summed E-state index contributed by atoms with van der Waals surface area (Å²) in [6.07, 6.45) is 0. The molecule has 0 bridgehead atoms. The van der Waals surface area contributed by atoms with Gasteiger partial charge in [-0.2, -0.15) is 0 Å². The summed E-state index contributed by atoms with van der Waals surface area (Å²) in [6, 6.07) is 19.5. The molecule has 2 aromatic carbocycles. The lowest BCUT2D eigenvalue weighted by Gasteiger charge is -2.10. The molecule has 3 heteroatoms. The Hall–Kier alpha value is -2.68. The molecule has 0 amide bonds. The Bertz CT molecular complexity index is 782. The van der Waals surface area contributed by atoms with Crippen molar-refractivity contribution in [2.24, 2.45) is 0 Å². The van der Waals surface area contributed by atoms with E-state index in [4.69, 9.17) is 4.74 Å². The fraction of sp³-hybridized carbons (Fsp3) is 0.111. The van der Waals surface area contributed by atoms with Crippen LogP contribution >= 0.6 is 0 Å². The van der Waals surface area contributed by atoms with Crippen molar-refractivity contribution in [3.8, 4) is 11.1 Å². The summed E-state index contributed by atoms with van der Waals surface area (Å²) in [4.78, 5) is 16.7.